The van der Waals surface area contributed by atoms with Gasteiger partial charge in [-0.25, -0.2) is 0 Å². The predicted molar refractivity (Wildman–Crippen MR) is 93.1 cm³/mol. The fourth-order valence-electron chi connectivity index (χ4n) is 2.16. The number of carbonyl (C=O) groups is 1. The molecule has 1 N–H and O–H groups in total. The van der Waals surface area contributed by atoms with Gasteiger partial charge in [-0.3, -0.25) is 4.79 Å². The molecule has 0 radical (unpaired) electrons. The second-order valence-electron chi connectivity index (χ2n) is 4.98. The first-order chi connectivity index (χ1) is 12.1. The van der Waals surface area contributed by atoms with E-state index in [1.165, 1.54) is 19.2 Å². The van der Waals surface area contributed by atoms with E-state index in [-0.39, 0.29) is 23.3 Å². The van der Waals surface area contributed by atoms with Crippen molar-refractivity contribution in [3.05, 3.63) is 52.5 Å². The van der Waals surface area contributed by atoms with E-state index in [0.29, 0.717) is 23.6 Å². The van der Waals surface area contributed by atoms with Crippen molar-refractivity contribution in [2.75, 3.05) is 20.8 Å². The average molecular weight is 361 g/mol. The molecule has 2 aromatic carbocycles. The van der Waals surface area contributed by atoms with Gasteiger partial charge in [0.15, 0.2) is 18.1 Å². The number of amides is 1. The minimum absolute atomic E-state index is 0.202. The Kier molecular flexibility index (Phi) is 6.49. The molecule has 0 unspecified atom stereocenters. The summed E-state index contributed by atoms with van der Waals surface area (Å²) in [4.78, 5) is 12.0. The van der Waals surface area contributed by atoms with Crippen molar-refractivity contribution in [3.63, 3.8) is 0 Å². The van der Waals surface area contributed by atoms with Crippen LogP contribution in [0.15, 0.2) is 36.4 Å². The van der Waals surface area contributed by atoms with Crippen LogP contribution in [0, 0.1) is 11.3 Å². The van der Waals surface area contributed by atoms with Crippen LogP contribution in [0.2, 0.25) is 5.02 Å². The molecule has 0 heterocycles. The number of ether oxygens (including phenoxy) is 3. The van der Waals surface area contributed by atoms with Gasteiger partial charge in [0.25, 0.3) is 5.91 Å². The molecule has 7 heteroatoms. The van der Waals surface area contributed by atoms with Crippen LogP contribution in [0.3, 0.4) is 0 Å². The van der Waals surface area contributed by atoms with Gasteiger partial charge in [0.2, 0.25) is 0 Å². The number of halogens is 1. The maximum atomic E-state index is 12.0. The second-order valence-corrected chi connectivity index (χ2v) is 5.39. The molecule has 0 atom stereocenters. The molecule has 0 aliphatic rings. The van der Waals surface area contributed by atoms with E-state index < -0.39 is 0 Å². The highest BCUT2D eigenvalue weighted by atomic mass is 35.5. The van der Waals surface area contributed by atoms with Gasteiger partial charge >= 0.3 is 0 Å². The Bertz CT molecular complexity index is 802. The molecule has 2 aromatic rings. The summed E-state index contributed by atoms with van der Waals surface area (Å²) in [5.74, 6) is 0.881. The zero-order chi connectivity index (χ0) is 18.2. The highest BCUT2D eigenvalue weighted by Crippen LogP contribution is 2.36. The van der Waals surface area contributed by atoms with Gasteiger partial charge < -0.3 is 19.5 Å². The quantitative estimate of drug-likeness (QED) is 0.821. The topological polar surface area (TPSA) is 80.6 Å². The van der Waals surface area contributed by atoms with E-state index in [4.69, 9.17) is 31.1 Å². The summed E-state index contributed by atoms with van der Waals surface area (Å²) in [5.41, 5.74) is 1.20. The minimum Gasteiger partial charge on any atom is -0.496 e. The number of methoxy groups -OCH3 is 2. The Morgan fingerprint density at radius 3 is 2.60 bits per heavy atom. The molecule has 0 fully saturated rings. The van der Waals surface area contributed by atoms with Crippen LogP contribution in [0.5, 0.6) is 17.2 Å². The molecule has 6 nitrogen and oxygen atoms in total. The lowest BCUT2D eigenvalue weighted by molar-refractivity contribution is -0.123. The summed E-state index contributed by atoms with van der Waals surface area (Å²) in [6, 6.07) is 12.3. The van der Waals surface area contributed by atoms with Crippen LogP contribution in [0.25, 0.3) is 0 Å². The van der Waals surface area contributed by atoms with E-state index in [9.17, 15) is 4.79 Å². The van der Waals surface area contributed by atoms with Crippen molar-refractivity contribution in [3.8, 4) is 23.3 Å². The maximum Gasteiger partial charge on any atom is 0.258 e. The number of hydrogen-bond acceptors (Lipinski definition) is 5. The summed E-state index contributed by atoms with van der Waals surface area (Å²) in [5, 5.41) is 11.9. The van der Waals surface area contributed by atoms with E-state index in [2.05, 4.69) is 5.32 Å². The molecule has 0 aliphatic heterocycles. The van der Waals surface area contributed by atoms with E-state index in [1.54, 1.807) is 7.11 Å². The molecule has 0 spiro atoms. The highest BCUT2D eigenvalue weighted by Gasteiger charge is 2.14. The van der Waals surface area contributed by atoms with Gasteiger partial charge in [-0.05, 0) is 12.1 Å². The predicted octanol–water partition coefficient (Wildman–Crippen LogP) is 2.92. The number of nitriles is 1. The Balaban J connectivity index is 1.97. The molecule has 0 aliphatic carbocycles. The SMILES string of the molecule is COc1ccccc1CNC(=O)COc1c(Cl)cc(C#N)cc1OC. The maximum absolute atomic E-state index is 12.0. The number of rotatable bonds is 7. The van der Waals surface area contributed by atoms with Crippen molar-refractivity contribution in [1.29, 1.82) is 5.26 Å². The third kappa shape index (κ3) is 4.78. The lowest BCUT2D eigenvalue weighted by atomic mass is 10.2. The molecule has 0 bridgehead atoms. The molecule has 130 valence electrons. The van der Waals surface area contributed by atoms with Crippen LogP contribution in [0.4, 0.5) is 0 Å². The van der Waals surface area contributed by atoms with Crippen LogP contribution >= 0.6 is 11.6 Å². The summed E-state index contributed by atoms with van der Waals surface area (Å²) in [7, 11) is 3.00. The molecule has 25 heavy (non-hydrogen) atoms. The third-order valence-electron chi connectivity index (χ3n) is 3.37. The normalized spacial score (nSPS) is 9.84. The first-order valence-electron chi connectivity index (χ1n) is 7.38. The molecule has 1 amide bonds. The largest absolute Gasteiger partial charge is 0.496 e. The van der Waals surface area contributed by atoms with Gasteiger partial charge in [-0.15, -0.1) is 0 Å². The van der Waals surface area contributed by atoms with Gasteiger partial charge in [0, 0.05) is 18.2 Å². The molecule has 2 rings (SSSR count). The van der Waals surface area contributed by atoms with Crippen LogP contribution in [-0.2, 0) is 11.3 Å². The molecular weight excluding hydrogens is 344 g/mol. The average Bonchev–Trinajstić information content (AvgIpc) is 2.64. The Morgan fingerprint density at radius 1 is 1.20 bits per heavy atom. The smallest absolute Gasteiger partial charge is 0.258 e. The molecular formula is C18H17ClN2O4. The number of hydrogen-bond donors (Lipinski definition) is 1. The highest BCUT2D eigenvalue weighted by molar-refractivity contribution is 6.32. The zero-order valence-corrected chi connectivity index (χ0v) is 14.6. The third-order valence-corrected chi connectivity index (χ3v) is 3.66. The molecule has 0 saturated heterocycles. The summed E-state index contributed by atoms with van der Waals surface area (Å²) >= 11 is 6.08. The molecule has 0 aromatic heterocycles. The van der Waals surface area contributed by atoms with E-state index in [0.717, 1.165) is 5.56 Å². The van der Waals surface area contributed by atoms with Crippen LogP contribution < -0.4 is 19.5 Å². The van der Waals surface area contributed by atoms with Crippen LogP contribution in [-0.4, -0.2) is 26.7 Å². The Morgan fingerprint density at radius 2 is 1.92 bits per heavy atom. The fraction of sp³-hybridized carbons (Fsp3) is 0.222. The summed E-state index contributed by atoms with van der Waals surface area (Å²) < 4.78 is 15.8. The number of carbonyl (C=O) groups excluding carboxylic acids is 1. The van der Waals surface area contributed by atoms with Gasteiger partial charge in [-0.2, -0.15) is 5.26 Å². The summed E-state index contributed by atoms with van der Waals surface area (Å²) in [6.45, 7) is 0.0710. The minimum atomic E-state index is -0.326. The zero-order valence-electron chi connectivity index (χ0n) is 13.8. The van der Waals surface area contributed by atoms with Crippen molar-refractivity contribution in [2.24, 2.45) is 0 Å². The van der Waals surface area contributed by atoms with Crippen molar-refractivity contribution >= 4 is 17.5 Å². The van der Waals surface area contributed by atoms with E-state index in [1.807, 2.05) is 30.3 Å². The van der Waals surface area contributed by atoms with Gasteiger partial charge in [0.05, 0.1) is 30.9 Å². The number of nitrogens with zero attached hydrogens (tertiary/aromatic N) is 1. The van der Waals surface area contributed by atoms with Crippen molar-refractivity contribution < 1.29 is 19.0 Å². The van der Waals surface area contributed by atoms with Crippen molar-refractivity contribution in [2.45, 2.75) is 6.54 Å². The fourth-order valence-corrected chi connectivity index (χ4v) is 2.42. The Labute approximate surface area is 150 Å². The first kappa shape index (κ1) is 18.4. The first-order valence-corrected chi connectivity index (χ1v) is 7.75. The number of para-hydroxylation sites is 1. The van der Waals surface area contributed by atoms with Gasteiger partial charge in [0.1, 0.15) is 5.75 Å². The Hall–Kier alpha value is -2.91. The van der Waals surface area contributed by atoms with Crippen molar-refractivity contribution in [1.82, 2.24) is 5.32 Å². The number of nitrogens with one attached hydrogen (secondary N) is 1. The second kappa shape index (κ2) is 8.81. The lowest BCUT2D eigenvalue weighted by Crippen LogP contribution is -2.28. The lowest BCUT2D eigenvalue weighted by Gasteiger charge is -2.13. The number of benzene rings is 2. The van der Waals surface area contributed by atoms with Crippen LogP contribution in [0.1, 0.15) is 11.1 Å². The molecule has 0 saturated carbocycles. The summed E-state index contributed by atoms with van der Waals surface area (Å²) in [6.07, 6.45) is 0. The monoisotopic (exact) mass is 360 g/mol. The van der Waals surface area contributed by atoms with Gasteiger partial charge in [-0.1, -0.05) is 29.8 Å². The standard InChI is InChI=1S/C18H17ClN2O4/c1-23-15-6-4-3-5-13(15)10-21-17(22)11-25-18-14(19)7-12(9-20)8-16(18)24-2/h3-8H,10-11H2,1-2H3,(H,21,22). The van der Waals surface area contributed by atoms with E-state index >= 15 is 0 Å².